The molecule has 0 saturated heterocycles. The number of benzene rings is 3. The van der Waals surface area contributed by atoms with Crippen molar-refractivity contribution in [1.82, 2.24) is 4.90 Å². The fraction of sp³-hybridized carbons (Fsp3) is 0.200. The second-order valence-electron chi connectivity index (χ2n) is 7.42. The van der Waals surface area contributed by atoms with E-state index in [1.54, 1.807) is 36.2 Å². The third-order valence-corrected chi connectivity index (χ3v) is 4.83. The van der Waals surface area contributed by atoms with Gasteiger partial charge in [0, 0.05) is 30.4 Å². The summed E-state index contributed by atoms with van der Waals surface area (Å²) < 4.78 is 0. The van der Waals surface area contributed by atoms with Crippen molar-refractivity contribution in [2.75, 3.05) is 12.4 Å². The van der Waals surface area contributed by atoms with Crippen LogP contribution in [0.25, 0.3) is 0 Å². The van der Waals surface area contributed by atoms with Crippen LogP contribution in [0.4, 0.5) is 5.69 Å². The van der Waals surface area contributed by atoms with Crippen molar-refractivity contribution in [3.8, 4) is 0 Å². The first-order valence-electron chi connectivity index (χ1n) is 9.75. The third kappa shape index (κ3) is 5.11. The Kier molecular flexibility index (Phi) is 6.45. The number of carbonyl (C=O) groups is 2. The highest BCUT2D eigenvalue weighted by molar-refractivity contribution is 6.05. The standard InChI is InChI=1S/C25H26N2O2/c1-18(2)22-11-7-8-12-23(22)26-24(28)20-13-15-21(16-14-20)25(29)27(3)17-19-9-5-4-6-10-19/h4-16,18H,17H2,1-3H3,(H,26,28). The van der Waals surface area contributed by atoms with Crippen molar-refractivity contribution < 1.29 is 9.59 Å². The molecule has 0 spiro atoms. The molecule has 3 rings (SSSR count). The molecule has 3 aromatic carbocycles. The van der Waals surface area contributed by atoms with Gasteiger partial charge < -0.3 is 10.2 Å². The number of para-hydroxylation sites is 1. The van der Waals surface area contributed by atoms with E-state index < -0.39 is 0 Å². The molecule has 0 unspecified atom stereocenters. The Labute approximate surface area is 172 Å². The lowest BCUT2D eigenvalue weighted by atomic mass is 10.0. The Morgan fingerprint density at radius 1 is 0.828 bits per heavy atom. The van der Waals surface area contributed by atoms with Crippen LogP contribution in [0.2, 0.25) is 0 Å². The average molecular weight is 386 g/mol. The highest BCUT2D eigenvalue weighted by Gasteiger charge is 2.14. The molecule has 0 saturated carbocycles. The molecule has 0 aliphatic rings. The molecular formula is C25H26N2O2. The van der Waals surface area contributed by atoms with Gasteiger partial charge in [-0.2, -0.15) is 0 Å². The minimum atomic E-state index is -0.185. The highest BCUT2D eigenvalue weighted by atomic mass is 16.2. The summed E-state index contributed by atoms with van der Waals surface area (Å²) in [6.45, 7) is 4.72. The van der Waals surface area contributed by atoms with E-state index >= 15 is 0 Å². The molecule has 148 valence electrons. The van der Waals surface area contributed by atoms with Crippen LogP contribution >= 0.6 is 0 Å². The molecule has 0 aromatic heterocycles. The summed E-state index contributed by atoms with van der Waals surface area (Å²) in [7, 11) is 1.78. The maximum Gasteiger partial charge on any atom is 0.255 e. The lowest BCUT2D eigenvalue weighted by Gasteiger charge is -2.17. The molecule has 0 aliphatic heterocycles. The summed E-state index contributed by atoms with van der Waals surface area (Å²) in [5, 5.41) is 2.98. The molecule has 29 heavy (non-hydrogen) atoms. The summed E-state index contributed by atoms with van der Waals surface area (Å²) in [6.07, 6.45) is 0. The van der Waals surface area contributed by atoms with Gasteiger partial charge in [-0.15, -0.1) is 0 Å². The van der Waals surface area contributed by atoms with Crippen molar-refractivity contribution in [2.24, 2.45) is 0 Å². The smallest absolute Gasteiger partial charge is 0.255 e. The van der Waals surface area contributed by atoms with Gasteiger partial charge in [0.05, 0.1) is 0 Å². The van der Waals surface area contributed by atoms with Gasteiger partial charge in [0.15, 0.2) is 0 Å². The van der Waals surface area contributed by atoms with Crippen molar-refractivity contribution in [1.29, 1.82) is 0 Å². The quantitative estimate of drug-likeness (QED) is 0.622. The predicted octanol–water partition coefficient (Wildman–Crippen LogP) is 5.33. The van der Waals surface area contributed by atoms with Crippen LogP contribution in [-0.2, 0) is 6.54 Å². The van der Waals surface area contributed by atoms with Gasteiger partial charge in [0.2, 0.25) is 0 Å². The topological polar surface area (TPSA) is 49.4 Å². The molecule has 0 heterocycles. The van der Waals surface area contributed by atoms with Gasteiger partial charge in [-0.25, -0.2) is 0 Å². The van der Waals surface area contributed by atoms with E-state index in [9.17, 15) is 9.59 Å². The highest BCUT2D eigenvalue weighted by Crippen LogP contribution is 2.24. The van der Waals surface area contributed by atoms with Crippen LogP contribution in [-0.4, -0.2) is 23.8 Å². The zero-order valence-electron chi connectivity index (χ0n) is 17.1. The van der Waals surface area contributed by atoms with Gasteiger partial charge in [-0.3, -0.25) is 9.59 Å². The maximum absolute atomic E-state index is 12.7. The lowest BCUT2D eigenvalue weighted by molar-refractivity contribution is 0.0784. The van der Waals surface area contributed by atoms with E-state index in [1.807, 2.05) is 54.6 Å². The lowest BCUT2D eigenvalue weighted by Crippen LogP contribution is -2.26. The largest absolute Gasteiger partial charge is 0.337 e. The van der Waals surface area contributed by atoms with E-state index in [0.717, 1.165) is 16.8 Å². The van der Waals surface area contributed by atoms with Gasteiger partial charge in [-0.1, -0.05) is 62.4 Å². The summed E-state index contributed by atoms with van der Waals surface area (Å²) in [5.41, 5.74) is 4.06. The summed E-state index contributed by atoms with van der Waals surface area (Å²) in [4.78, 5) is 27.0. The van der Waals surface area contributed by atoms with E-state index in [-0.39, 0.29) is 11.8 Å². The summed E-state index contributed by atoms with van der Waals surface area (Å²) in [5.74, 6) is 0.0485. The molecule has 4 heteroatoms. The molecule has 4 nitrogen and oxygen atoms in total. The van der Waals surface area contributed by atoms with Crippen molar-refractivity contribution in [3.63, 3.8) is 0 Å². The van der Waals surface area contributed by atoms with Crippen LogP contribution in [0, 0.1) is 0 Å². The van der Waals surface area contributed by atoms with Gasteiger partial charge in [0.1, 0.15) is 0 Å². The van der Waals surface area contributed by atoms with E-state index in [1.165, 1.54) is 0 Å². The second-order valence-corrected chi connectivity index (χ2v) is 7.42. The first-order chi connectivity index (χ1) is 14.0. The molecule has 0 atom stereocenters. The van der Waals surface area contributed by atoms with Crippen LogP contribution in [0.15, 0.2) is 78.9 Å². The SMILES string of the molecule is CC(C)c1ccccc1NC(=O)c1ccc(C(=O)N(C)Cc2ccccc2)cc1. The van der Waals surface area contributed by atoms with Gasteiger partial charge in [0.25, 0.3) is 11.8 Å². The van der Waals surface area contributed by atoms with Crippen LogP contribution in [0.3, 0.4) is 0 Å². The summed E-state index contributed by atoms with van der Waals surface area (Å²) >= 11 is 0. The fourth-order valence-corrected chi connectivity index (χ4v) is 3.22. The average Bonchev–Trinajstić information content (AvgIpc) is 2.74. The molecule has 3 aromatic rings. The number of rotatable bonds is 6. The molecule has 0 bridgehead atoms. The predicted molar refractivity (Wildman–Crippen MR) is 117 cm³/mol. The van der Waals surface area contributed by atoms with E-state index in [4.69, 9.17) is 0 Å². The third-order valence-electron chi connectivity index (χ3n) is 4.83. The number of hydrogen-bond acceptors (Lipinski definition) is 2. The number of nitrogens with one attached hydrogen (secondary N) is 1. The Balaban J connectivity index is 1.68. The van der Waals surface area contributed by atoms with Gasteiger partial charge in [-0.05, 0) is 47.4 Å². The molecule has 1 N–H and O–H groups in total. The van der Waals surface area contributed by atoms with E-state index in [0.29, 0.717) is 23.6 Å². The zero-order valence-corrected chi connectivity index (χ0v) is 17.1. The first-order valence-corrected chi connectivity index (χ1v) is 9.75. The van der Waals surface area contributed by atoms with E-state index in [2.05, 4.69) is 19.2 Å². The van der Waals surface area contributed by atoms with Crippen LogP contribution in [0.5, 0.6) is 0 Å². The number of amides is 2. The van der Waals surface area contributed by atoms with Crippen LogP contribution < -0.4 is 5.32 Å². The Morgan fingerprint density at radius 3 is 2.07 bits per heavy atom. The number of nitrogens with zero attached hydrogens (tertiary/aromatic N) is 1. The molecule has 2 amide bonds. The molecule has 0 fully saturated rings. The van der Waals surface area contributed by atoms with Crippen LogP contribution in [0.1, 0.15) is 51.6 Å². The molecular weight excluding hydrogens is 360 g/mol. The van der Waals surface area contributed by atoms with Crippen molar-refractivity contribution >= 4 is 17.5 Å². The maximum atomic E-state index is 12.7. The molecule has 0 radical (unpaired) electrons. The monoisotopic (exact) mass is 386 g/mol. The minimum Gasteiger partial charge on any atom is -0.337 e. The van der Waals surface area contributed by atoms with Gasteiger partial charge >= 0.3 is 0 Å². The van der Waals surface area contributed by atoms with Crippen molar-refractivity contribution in [2.45, 2.75) is 26.3 Å². The fourth-order valence-electron chi connectivity index (χ4n) is 3.22. The Morgan fingerprint density at radius 2 is 1.41 bits per heavy atom. The molecule has 0 aliphatic carbocycles. The Hall–Kier alpha value is -3.40. The zero-order chi connectivity index (χ0) is 20.8. The number of carbonyl (C=O) groups excluding carboxylic acids is 2. The Bertz CT molecular complexity index is 979. The second kappa shape index (κ2) is 9.20. The summed E-state index contributed by atoms with van der Waals surface area (Å²) in [6, 6.07) is 24.4. The number of hydrogen-bond donors (Lipinski definition) is 1. The number of anilines is 1. The normalized spacial score (nSPS) is 10.6. The van der Waals surface area contributed by atoms with Crippen molar-refractivity contribution in [3.05, 3.63) is 101 Å². The first kappa shape index (κ1) is 20.3. The minimum absolute atomic E-state index is 0.0778.